The Morgan fingerprint density at radius 2 is 2.04 bits per heavy atom. The molecule has 1 N–H and O–H groups in total. The summed E-state index contributed by atoms with van der Waals surface area (Å²) in [6.07, 6.45) is 2.11. The highest BCUT2D eigenvalue weighted by molar-refractivity contribution is 9.13. The van der Waals surface area contributed by atoms with E-state index in [-0.39, 0.29) is 23.0 Å². The van der Waals surface area contributed by atoms with Gasteiger partial charge in [-0.1, -0.05) is 11.6 Å². The molecule has 142 valence electrons. The number of hydrogen-bond acceptors (Lipinski definition) is 5. The summed E-state index contributed by atoms with van der Waals surface area (Å²) in [7, 11) is 0. The van der Waals surface area contributed by atoms with Crippen LogP contribution in [0, 0.1) is 10.1 Å². The highest BCUT2D eigenvalue weighted by Crippen LogP contribution is 2.40. The second-order valence-electron chi connectivity index (χ2n) is 6.19. The lowest BCUT2D eigenvalue weighted by Crippen LogP contribution is -2.44. The van der Waals surface area contributed by atoms with Crippen LogP contribution < -0.4 is 10.2 Å². The largest absolute Gasteiger partial charge is 0.340 e. The van der Waals surface area contributed by atoms with Gasteiger partial charge in [0.05, 0.1) is 10.4 Å². The Hall–Kier alpha value is -1.16. The van der Waals surface area contributed by atoms with Gasteiger partial charge in [0.25, 0.3) is 0 Å². The number of nitro groups is 1. The molecule has 26 heavy (non-hydrogen) atoms. The quantitative estimate of drug-likeness (QED) is 0.379. The van der Waals surface area contributed by atoms with Crippen LogP contribution >= 0.6 is 44.3 Å². The van der Waals surface area contributed by atoms with E-state index < -0.39 is 0 Å². The van der Waals surface area contributed by atoms with E-state index in [9.17, 15) is 10.1 Å². The standard InChI is InChI=1S/C16H19Br2N5O2.ClH/c1-10(2)3-6-22-12-9-11(17)13(18)15(23(24)25)14(12)20-16(22)21-7-4-19-5-8-21;/h3,9,19H,4-8H2,1-2H3;1H. The molecule has 2 heterocycles. The number of halogens is 3. The molecule has 10 heteroatoms. The number of nitro benzene ring substituents is 1. The minimum Gasteiger partial charge on any atom is -0.340 e. The Morgan fingerprint density at radius 1 is 1.38 bits per heavy atom. The maximum Gasteiger partial charge on any atom is 0.312 e. The zero-order valence-electron chi connectivity index (χ0n) is 14.5. The van der Waals surface area contributed by atoms with E-state index in [0.29, 0.717) is 21.0 Å². The van der Waals surface area contributed by atoms with Crippen LogP contribution in [0.1, 0.15) is 13.8 Å². The number of nitrogens with zero attached hydrogens (tertiary/aromatic N) is 4. The number of allylic oxidation sites excluding steroid dienone is 2. The number of aromatic nitrogens is 2. The Labute approximate surface area is 174 Å². The zero-order valence-corrected chi connectivity index (χ0v) is 18.4. The molecule has 2 aromatic rings. The van der Waals surface area contributed by atoms with Gasteiger partial charge in [-0.15, -0.1) is 12.4 Å². The van der Waals surface area contributed by atoms with Gasteiger partial charge in [0.15, 0.2) is 5.52 Å². The topological polar surface area (TPSA) is 76.2 Å². The summed E-state index contributed by atoms with van der Waals surface area (Å²) in [6, 6.07) is 1.89. The third-order valence-corrected chi connectivity index (χ3v) is 6.12. The molecule has 0 spiro atoms. The minimum atomic E-state index is -0.378. The van der Waals surface area contributed by atoms with Crippen LogP contribution in [0.15, 0.2) is 26.7 Å². The van der Waals surface area contributed by atoms with Gasteiger partial charge in [-0.05, 0) is 51.8 Å². The molecule has 1 aliphatic rings. The summed E-state index contributed by atoms with van der Waals surface area (Å²) in [6.45, 7) is 8.12. The molecule has 0 saturated carbocycles. The molecule has 0 atom stereocenters. The molecule has 0 amide bonds. The van der Waals surface area contributed by atoms with Crippen LogP contribution in [-0.2, 0) is 6.54 Å². The van der Waals surface area contributed by atoms with Crippen LogP contribution in [-0.4, -0.2) is 40.7 Å². The summed E-state index contributed by atoms with van der Waals surface area (Å²) < 4.78 is 3.12. The molecule has 1 aromatic heterocycles. The van der Waals surface area contributed by atoms with Gasteiger partial charge in [-0.2, -0.15) is 0 Å². The summed E-state index contributed by atoms with van der Waals surface area (Å²) in [5.74, 6) is 0.780. The molecule has 0 aliphatic carbocycles. The summed E-state index contributed by atoms with van der Waals surface area (Å²) in [4.78, 5) is 18.1. The molecule has 1 saturated heterocycles. The van der Waals surface area contributed by atoms with E-state index in [1.165, 1.54) is 5.57 Å². The first kappa shape index (κ1) is 21.1. The molecular formula is C16H20Br2ClN5O2. The lowest BCUT2D eigenvalue weighted by molar-refractivity contribution is -0.384. The van der Waals surface area contributed by atoms with Crippen molar-refractivity contribution >= 4 is 66.9 Å². The number of piperazine rings is 1. The van der Waals surface area contributed by atoms with Gasteiger partial charge in [0.1, 0.15) is 4.47 Å². The molecule has 0 bridgehead atoms. The van der Waals surface area contributed by atoms with Crippen molar-refractivity contribution < 1.29 is 4.92 Å². The maximum absolute atomic E-state index is 11.6. The van der Waals surface area contributed by atoms with Crippen LogP contribution in [0.2, 0.25) is 0 Å². The summed E-state index contributed by atoms with van der Waals surface area (Å²) in [5, 5.41) is 14.9. The number of anilines is 1. The Kier molecular flexibility index (Phi) is 7.06. The highest BCUT2D eigenvalue weighted by Gasteiger charge is 2.27. The first-order valence-corrected chi connectivity index (χ1v) is 9.60. The normalized spacial score (nSPS) is 14.2. The van der Waals surface area contributed by atoms with E-state index in [1.807, 2.05) is 19.9 Å². The second-order valence-corrected chi connectivity index (χ2v) is 7.83. The SMILES string of the molecule is CC(C)=CCn1c(N2CCNCC2)nc2c([N+](=O)[O-])c(Br)c(Br)cc21.Cl. The average molecular weight is 510 g/mol. The molecule has 1 fully saturated rings. The fraction of sp³-hybridized carbons (Fsp3) is 0.438. The smallest absolute Gasteiger partial charge is 0.312 e. The Bertz CT molecular complexity index is 858. The first-order chi connectivity index (χ1) is 11.9. The zero-order chi connectivity index (χ0) is 18.1. The predicted molar refractivity (Wildman–Crippen MR) is 114 cm³/mol. The first-order valence-electron chi connectivity index (χ1n) is 8.01. The minimum absolute atomic E-state index is 0. The van der Waals surface area contributed by atoms with Gasteiger partial charge in [0, 0.05) is 37.2 Å². The highest BCUT2D eigenvalue weighted by atomic mass is 79.9. The number of fused-ring (bicyclic) bond motifs is 1. The molecule has 3 rings (SSSR count). The van der Waals surface area contributed by atoms with Crippen molar-refractivity contribution in [3.63, 3.8) is 0 Å². The van der Waals surface area contributed by atoms with E-state index in [1.54, 1.807) is 0 Å². The van der Waals surface area contributed by atoms with E-state index in [0.717, 1.165) is 37.6 Å². The van der Waals surface area contributed by atoms with E-state index in [2.05, 4.69) is 57.7 Å². The summed E-state index contributed by atoms with van der Waals surface area (Å²) in [5.41, 5.74) is 2.36. The molecule has 1 aromatic carbocycles. The molecule has 0 radical (unpaired) electrons. The number of imidazole rings is 1. The van der Waals surface area contributed by atoms with Crippen LogP contribution in [0.25, 0.3) is 11.0 Å². The van der Waals surface area contributed by atoms with Crippen LogP contribution in [0.5, 0.6) is 0 Å². The maximum atomic E-state index is 11.6. The fourth-order valence-electron chi connectivity index (χ4n) is 2.90. The van der Waals surface area contributed by atoms with Crippen molar-refractivity contribution in [3.8, 4) is 0 Å². The van der Waals surface area contributed by atoms with Crippen molar-refractivity contribution in [3.05, 3.63) is 36.8 Å². The lowest BCUT2D eigenvalue weighted by Gasteiger charge is -2.28. The molecule has 1 aliphatic heterocycles. The number of benzene rings is 1. The number of nitrogens with one attached hydrogen (secondary N) is 1. The fourth-order valence-corrected chi connectivity index (χ4v) is 3.75. The van der Waals surface area contributed by atoms with Crippen LogP contribution in [0.3, 0.4) is 0 Å². The third-order valence-electron chi connectivity index (χ3n) is 4.16. The lowest BCUT2D eigenvalue weighted by atomic mass is 10.2. The number of rotatable bonds is 4. The van der Waals surface area contributed by atoms with Crippen molar-refractivity contribution in [1.82, 2.24) is 14.9 Å². The van der Waals surface area contributed by atoms with Gasteiger partial charge >= 0.3 is 5.69 Å². The molecular weight excluding hydrogens is 489 g/mol. The number of hydrogen-bond donors (Lipinski definition) is 1. The predicted octanol–water partition coefficient (Wildman–Crippen LogP) is 4.27. The third kappa shape index (κ3) is 4.05. The van der Waals surface area contributed by atoms with Gasteiger partial charge in [-0.3, -0.25) is 10.1 Å². The average Bonchev–Trinajstić information content (AvgIpc) is 2.92. The van der Waals surface area contributed by atoms with Gasteiger partial charge < -0.3 is 14.8 Å². The second kappa shape index (κ2) is 8.69. The molecule has 7 nitrogen and oxygen atoms in total. The van der Waals surface area contributed by atoms with Gasteiger partial charge in [0.2, 0.25) is 5.95 Å². The van der Waals surface area contributed by atoms with Crippen molar-refractivity contribution in [2.75, 3.05) is 31.1 Å². The van der Waals surface area contributed by atoms with Crippen LogP contribution in [0.4, 0.5) is 11.6 Å². The van der Waals surface area contributed by atoms with Crippen molar-refractivity contribution in [1.29, 1.82) is 0 Å². The monoisotopic (exact) mass is 507 g/mol. The molecule has 0 unspecified atom stereocenters. The van der Waals surface area contributed by atoms with E-state index >= 15 is 0 Å². The summed E-state index contributed by atoms with van der Waals surface area (Å²) >= 11 is 6.74. The van der Waals surface area contributed by atoms with E-state index in [4.69, 9.17) is 0 Å². The Morgan fingerprint density at radius 3 is 2.62 bits per heavy atom. The van der Waals surface area contributed by atoms with Crippen molar-refractivity contribution in [2.24, 2.45) is 0 Å². The van der Waals surface area contributed by atoms with Gasteiger partial charge in [-0.25, -0.2) is 4.98 Å². The van der Waals surface area contributed by atoms with Crippen molar-refractivity contribution in [2.45, 2.75) is 20.4 Å². The Balaban J connectivity index is 0.00000243.